The molecule has 84 valence electrons. The van der Waals surface area contributed by atoms with Gasteiger partial charge < -0.3 is 9.64 Å². The van der Waals surface area contributed by atoms with Crippen LogP contribution in [0.2, 0.25) is 0 Å². The standard InChI is InChI=1S/C9H17NO2.C2H6/c1-8(2)7-9(11)10-3-5-12-6-4-10;1-2/h8H,3-7H2,1-2H3;1-2H3. The second-order valence-corrected chi connectivity index (χ2v) is 3.59. The lowest BCUT2D eigenvalue weighted by atomic mass is 10.1. The summed E-state index contributed by atoms with van der Waals surface area (Å²) in [7, 11) is 0. The highest BCUT2D eigenvalue weighted by Gasteiger charge is 2.16. The summed E-state index contributed by atoms with van der Waals surface area (Å²) < 4.78 is 5.16. The molecule has 3 heteroatoms. The Labute approximate surface area is 87.4 Å². The fourth-order valence-electron chi connectivity index (χ4n) is 1.29. The van der Waals surface area contributed by atoms with Crippen LogP contribution in [0.3, 0.4) is 0 Å². The number of carbonyl (C=O) groups is 1. The van der Waals surface area contributed by atoms with Crippen LogP contribution >= 0.6 is 0 Å². The van der Waals surface area contributed by atoms with Gasteiger partial charge in [0.1, 0.15) is 0 Å². The van der Waals surface area contributed by atoms with Crippen molar-refractivity contribution >= 4 is 5.91 Å². The van der Waals surface area contributed by atoms with Gasteiger partial charge in [-0.15, -0.1) is 0 Å². The van der Waals surface area contributed by atoms with Crippen molar-refractivity contribution in [2.75, 3.05) is 26.3 Å². The second-order valence-electron chi connectivity index (χ2n) is 3.59. The summed E-state index contributed by atoms with van der Waals surface area (Å²) in [4.78, 5) is 13.4. The van der Waals surface area contributed by atoms with Crippen molar-refractivity contribution < 1.29 is 9.53 Å². The van der Waals surface area contributed by atoms with Gasteiger partial charge in [0.05, 0.1) is 13.2 Å². The monoisotopic (exact) mass is 201 g/mol. The molecule has 1 heterocycles. The number of hydrogen-bond donors (Lipinski definition) is 0. The Balaban J connectivity index is 0.000000791. The Morgan fingerprint density at radius 2 is 1.79 bits per heavy atom. The van der Waals surface area contributed by atoms with Crippen molar-refractivity contribution in [3.63, 3.8) is 0 Å². The molecular formula is C11H23NO2. The van der Waals surface area contributed by atoms with Gasteiger partial charge in [-0.3, -0.25) is 4.79 Å². The molecule has 0 N–H and O–H groups in total. The Hall–Kier alpha value is -0.570. The number of carbonyl (C=O) groups excluding carboxylic acids is 1. The molecule has 0 aromatic rings. The number of nitrogens with zero attached hydrogens (tertiary/aromatic N) is 1. The zero-order chi connectivity index (χ0) is 11.0. The van der Waals surface area contributed by atoms with Gasteiger partial charge in [-0.2, -0.15) is 0 Å². The Morgan fingerprint density at radius 1 is 1.29 bits per heavy atom. The summed E-state index contributed by atoms with van der Waals surface area (Å²) in [6.45, 7) is 11.1. The number of amides is 1. The lowest BCUT2D eigenvalue weighted by Crippen LogP contribution is -2.41. The molecule has 0 aliphatic carbocycles. The number of rotatable bonds is 2. The molecule has 3 nitrogen and oxygen atoms in total. The summed E-state index contributed by atoms with van der Waals surface area (Å²) >= 11 is 0. The summed E-state index contributed by atoms with van der Waals surface area (Å²) in [6.07, 6.45) is 0.667. The average Bonchev–Trinajstić information content (AvgIpc) is 2.21. The molecule has 1 aliphatic heterocycles. The first-order valence-electron chi connectivity index (χ1n) is 5.55. The quantitative estimate of drug-likeness (QED) is 0.683. The van der Waals surface area contributed by atoms with E-state index in [4.69, 9.17) is 4.74 Å². The van der Waals surface area contributed by atoms with Gasteiger partial charge in [0, 0.05) is 19.5 Å². The third-order valence-electron chi connectivity index (χ3n) is 1.95. The van der Waals surface area contributed by atoms with Crippen LogP contribution in [0, 0.1) is 5.92 Å². The van der Waals surface area contributed by atoms with Gasteiger partial charge in [0.15, 0.2) is 0 Å². The molecule has 1 aliphatic rings. The third-order valence-corrected chi connectivity index (χ3v) is 1.95. The van der Waals surface area contributed by atoms with Crippen LogP contribution in [0.1, 0.15) is 34.1 Å². The molecule has 0 spiro atoms. The van der Waals surface area contributed by atoms with Crippen molar-refractivity contribution in [1.82, 2.24) is 4.90 Å². The van der Waals surface area contributed by atoms with Crippen LogP contribution in [-0.4, -0.2) is 37.1 Å². The van der Waals surface area contributed by atoms with Crippen molar-refractivity contribution in [2.45, 2.75) is 34.1 Å². The molecule has 0 aromatic carbocycles. The molecule has 0 aromatic heterocycles. The minimum atomic E-state index is 0.272. The highest BCUT2D eigenvalue weighted by atomic mass is 16.5. The zero-order valence-corrected chi connectivity index (χ0v) is 9.88. The van der Waals surface area contributed by atoms with E-state index in [0.717, 1.165) is 13.1 Å². The van der Waals surface area contributed by atoms with Crippen LogP contribution in [0.15, 0.2) is 0 Å². The molecule has 1 rings (SSSR count). The van der Waals surface area contributed by atoms with E-state index < -0.39 is 0 Å². The van der Waals surface area contributed by atoms with Crippen molar-refractivity contribution in [2.24, 2.45) is 5.92 Å². The lowest BCUT2D eigenvalue weighted by Gasteiger charge is -2.27. The first-order valence-corrected chi connectivity index (χ1v) is 5.55. The van der Waals surface area contributed by atoms with Gasteiger partial charge in [0.25, 0.3) is 0 Å². The molecule has 1 amide bonds. The van der Waals surface area contributed by atoms with E-state index in [2.05, 4.69) is 13.8 Å². The topological polar surface area (TPSA) is 29.5 Å². The first kappa shape index (κ1) is 13.4. The molecule has 0 atom stereocenters. The summed E-state index contributed by atoms with van der Waals surface area (Å²) in [5.41, 5.74) is 0. The zero-order valence-electron chi connectivity index (χ0n) is 9.88. The molecule has 1 saturated heterocycles. The van der Waals surface area contributed by atoms with Gasteiger partial charge in [-0.25, -0.2) is 0 Å². The highest BCUT2D eigenvalue weighted by Crippen LogP contribution is 2.05. The molecule has 1 fully saturated rings. The number of ether oxygens (including phenoxy) is 1. The minimum absolute atomic E-state index is 0.272. The predicted octanol–water partition coefficient (Wildman–Crippen LogP) is 1.92. The maximum Gasteiger partial charge on any atom is 0.222 e. The fraction of sp³-hybridized carbons (Fsp3) is 0.909. The number of morpholine rings is 1. The van der Waals surface area contributed by atoms with E-state index in [0.29, 0.717) is 25.6 Å². The van der Waals surface area contributed by atoms with Gasteiger partial charge >= 0.3 is 0 Å². The molecule has 0 radical (unpaired) electrons. The molecule has 0 bridgehead atoms. The Morgan fingerprint density at radius 3 is 2.21 bits per heavy atom. The third kappa shape index (κ3) is 5.22. The van der Waals surface area contributed by atoms with Crippen molar-refractivity contribution in [1.29, 1.82) is 0 Å². The van der Waals surface area contributed by atoms with E-state index in [1.54, 1.807) is 0 Å². The van der Waals surface area contributed by atoms with Crippen LogP contribution in [0.4, 0.5) is 0 Å². The van der Waals surface area contributed by atoms with E-state index in [-0.39, 0.29) is 5.91 Å². The van der Waals surface area contributed by atoms with E-state index in [9.17, 15) is 4.79 Å². The van der Waals surface area contributed by atoms with Gasteiger partial charge in [0.2, 0.25) is 5.91 Å². The summed E-state index contributed by atoms with van der Waals surface area (Å²) in [5.74, 6) is 0.730. The molecular weight excluding hydrogens is 178 g/mol. The summed E-state index contributed by atoms with van der Waals surface area (Å²) in [5, 5.41) is 0. The van der Waals surface area contributed by atoms with Crippen LogP contribution in [0.5, 0.6) is 0 Å². The normalized spacial score (nSPS) is 16.2. The SMILES string of the molecule is CC.CC(C)CC(=O)N1CCOCC1. The van der Waals surface area contributed by atoms with Crippen molar-refractivity contribution in [3.05, 3.63) is 0 Å². The van der Waals surface area contributed by atoms with Crippen LogP contribution < -0.4 is 0 Å². The minimum Gasteiger partial charge on any atom is -0.378 e. The van der Waals surface area contributed by atoms with Crippen LogP contribution in [-0.2, 0) is 9.53 Å². The van der Waals surface area contributed by atoms with Gasteiger partial charge in [-0.05, 0) is 5.92 Å². The fourth-order valence-corrected chi connectivity index (χ4v) is 1.29. The predicted molar refractivity (Wildman–Crippen MR) is 58.2 cm³/mol. The van der Waals surface area contributed by atoms with E-state index in [1.165, 1.54) is 0 Å². The maximum atomic E-state index is 11.5. The molecule has 0 unspecified atom stereocenters. The maximum absolute atomic E-state index is 11.5. The van der Waals surface area contributed by atoms with Gasteiger partial charge in [-0.1, -0.05) is 27.7 Å². The van der Waals surface area contributed by atoms with E-state index >= 15 is 0 Å². The second kappa shape index (κ2) is 7.80. The van der Waals surface area contributed by atoms with Crippen molar-refractivity contribution in [3.8, 4) is 0 Å². The Kier molecular flexibility index (Phi) is 7.48. The van der Waals surface area contributed by atoms with E-state index in [1.807, 2.05) is 18.7 Å². The highest BCUT2D eigenvalue weighted by molar-refractivity contribution is 5.76. The lowest BCUT2D eigenvalue weighted by molar-refractivity contribution is -0.136. The molecule has 14 heavy (non-hydrogen) atoms. The smallest absolute Gasteiger partial charge is 0.222 e. The average molecular weight is 201 g/mol. The molecule has 0 saturated carbocycles. The largest absolute Gasteiger partial charge is 0.378 e. The first-order chi connectivity index (χ1) is 6.70. The Bertz CT molecular complexity index is 151. The summed E-state index contributed by atoms with van der Waals surface area (Å²) in [6, 6.07) is 0. The van der Waals surface area contributed by atoms with Crippen LogP contribution in [0.25, 0.3) is 0 Å². The number of hydrogen-bond acceptors (Lipinski definition) is 2.